The van der Waals surface area contributed by atoms with Crippen molar-refractivity contribution in [2.45, 2.75) is 0 Å². The fourth-order valence-electron chi connectivity index (χ4n) is 2.42. The number of anilines is 1. The average Bonchev–Trinajstić information content (AvgIpc) is 3.31. The number of oxazole rings is 2. The van der Waals surface area contributed by atoms with Crippen LogP contribution in [0.25, 0.3) is 22.2 Å². The Morgan fingerprint density at radius 2 is 1.20 bits per heavy atom. The van der Waals surface area contributed by atoms with E-state index in [9.17, 15) is 22.8 Å². The van der Waals surface area contributed by atoms with E-state index in [0.717, 1.165) is 18.2 Å². The Balaban J connectivity index is 0.000000525. The van der Waals surface area contributed by atoms with Crippen molar-refractivity contribution in [2.75, 3.05) is 5.73 Å². The van der Waals surface area contributed by atoms with E-state index < -0.39 is 32.3 Å². The van der Waals surface area contributed by atoms with E-state index in [1.54, 1.807) is 0 Å². The number of aromatic nitrogens is 2. The van der Waals surface area contributed by atoms with Gasteiger partial charge in [-0.25, -0.2) is 22.8 Å². The van der Waals surface area contributed by atoms with Gasteiger partial charge in [-0.3, -0.25) is 9.97 Å². The van der Waals surface area contributed by atoms with Gasteiger partial charge in [-0.2, -0.15) is 0 Å². The quantitative estimate of drug-likeness (QED) is 0.0644. The van der Waals surface area contributed by atoms with Crippen LogP contribution in [0.3, 0.4) is 0 Å². The summed E-state index contributed by atoms with van der Waals surface area (Å²) in [5.41, 5.74) is 6.45. The zero-order valence-corrected chi connectivity index (χ0v) is 28.1. The normalized spacial score (nSPS) is 11.2. The Bertz CT molecular complexity index is 1630. The molecule has 0 unspecified atom stereocenters. The topological polar surface area (TPSA) is 168 Å². The monoisotopic (exact) mass is 747 g/mol. The standard InChI is InChI=1S/C7H3ClFNO2.C7H4FNO2.C6H5ClFNO.Cl5P.Na.H2O/c8-3-1-6-5(2-4(3)9)10-7(11)12-6;8-4-1-2-6-5(3-4)9-7(10)11-6;7-3-1-6(10)5(9)2-4(3)8;1-6(2,3,4)5;;/h1-2H,(H,10,11);1-3H,(H,9,10);1-2,10H,9H2;;;1H2/q;;;;+1;/p-1. The van der Waals surface area contributed by atoms with Gasteiger partial charge in [0, 0.05) is 30.3 Å². The summed E-state index contributed by atoms with van der Waals surface area (Å²) in [5, 5.41) is 8.65. The molecule has 0 bridgehead atoms. The zero-order chi connectivity index (χ0) is 29.7. The third kappa shape index (κ3) is 14.8. The average molecular weight is 750 g/mol. The van der Waals surface area contributed by atoms with Gasteiger partial charge in [-0.05, 0) is 12.1 Å². The molecule has 2 heterocycles. The molecular formula is C20H13Cl7F3N3NaO6P. The second-order valence-corrected chi connectivity index (χ2v) is 24.3. The fourth-order valence-corrected chi connectivity index (χ4v) is 2.73. The predicted molar refractivity (Wildman–Crippen MR) is 154 cm³/mol. The number of aromatic amines is 2. The van der Waals surface area contributed by atoms with Crippen molar-refractivity contribution in [3.8, 4) is 5.75 Å². The van der Waals surface area contributed by atoms with Gasteiger partial charge in [0.05, 0.1) is 26.8 Å². The molecule has 0 atom stereocenters. The van der Waals surface area contributed by atoms with Gasteiger partial charge < -0.3 is 25.2 Å². The summed E-state index contributed by atoms with van der Waals surface area (Å²) in [4.78, 5) is 25.8. The number of fused-ring (bicyclic) bond motifs is 2. The van der Waals surface area contributed by atoms with E-state index in [4.69, 9.17) is 90.2 Å². The van der Waals surface area contributed by atoms with E-state index in [1.165, 1.54) is 24.3 Å². The number of nitrogen functional groups attached to an aromatic ring is 1. The van der Waals surface area contributed by atoms with Crippen LogP contribution in [0.5, 0.6) is 5.75 Å². The molecule has 6 N–H and O–H groups in total. The van der Waals surface area contributed by atoms with Gasteiger partial charge in [0.15, 0.2) is 11.2 Å². The first-order valence-electron chi connectivity index (χ1n) is 9.57. The summed E-state index contributed by atoms with van der Waals surface area (Å²) in [5.74, 6) is -2.99. The van der Waals surface area contributed by atoms with Gasteiger partial charge in [0.2, 0.25) is 0 Å². The molecule has 0 saturated heterocycles. The second-order valence-electron chi connectivity index (χ2n) is 6.90. The molecule has 0 saturated carbocycles. The first kappa shape index (κ1) is 40.0. The summed E-state index contributed by atoms with van der Waals surface area (Å²) < 4.78 is 43.3. The number of H-pyrrole nitrogens is 2. The van der Waals surface area contributed by atoms with E-state index in [1.807, 2.05) is 0 Å². The number of phenolic OH excluding ortho intramolecular Hbond substituents is 1. The van der Waals surface area contributed by atoms with Crippen molar-refractivity contribution < 1.29 is 62.1 Å². The maximum absolute atomic E-state index is 12.8. The molecule has 5 rings (SSSR count). The summed E-state index contributed by atoms with van der Waals surface area (Å²) >= 11 is 35.6. The van der Waals surface area contributed by atoms with Crippen molar-refractivity contribution in [3.63, 3.8) is 0 Å². The van der Waals surface area contributed by atoms with Crippen molar-refractivity contribution in [1.82, 2.24) is 9.97 Å². The number of phenols is 1. The number of nitrogens with two attached hydrogens (primary N) is 1. The minimum Gasteiger partial charge on any atom is -0.870 e. The first-order valence-corrected chi connectivity index (χ1v) is 17.1. The van der Waals surface area contributed by atoms with E-state index in [2.05, 4.69) is 18.8 Å². The number of nitrogens with one attached hydrogen (secondary N) is 2. The van der Waals surface area contributed by atoms with E-state index in [0.29, 0.717) is 16.6 Å². The second kappa shape index (κ2) is 16.2. The zero-order valence-electron chi connectivity index (χ0n) is 19.9. The van der Waals surface area contributed by atoms with Crippen LogP contribution >= 0.6 is 82.8 Å². The fraction of sp³-hybridized carbons (Fsp3) is 0. The Hall–Kier alpha value is -0.990. The molecular weight excluding hydrogens is 737 g/mol. The maximum Gasteiger partial charge on any atom is 1.00 e. The summed E-state index contributed by atoms with van der Waals surface area (Å²) in [7, 11) is 0. The van der Waals surface area contributed by atoms with Crippen LogP contribution in [0, 0.1) is 17.5 Å². The number of benzene rings is 3. The van der Waals surface area contributed by atoms with Crippen LogP contribution in [0.2, 0.25) is 10.0 Å². The molecule has 2 aromatic heterocycles. The van der Waals surface area contributed by atoms with Gasteiger partial charge in [0.1, 0.15) is 23.2 Å². The molecule has 21 heteroatoms. The van der Waals surface area contributed by atoms with Crippen LogP contribution in [-0.4, -0.2) is 20.6 Å². The molecule has 0 spiro atoms. The molecule has 3 aromatic carbocycles. The Morgan fingerprint density at radius 1 is 0.756 bits per heavy atom. The molecule has 0 aliphatic heterocycles. The third-order valence-electron chi connectivity index (χ3n) is 3.91. The summed E-state index contributed by atoms with van der Waals surface area (Å²) in [6.07, 6.45) is 0. The van der Waals surface area contributed by atoms with Crippen LogP contribution in [-0.2, 0) is 0 Å². The van der Waals surface area contributed by atoms with Crippen LogP contribution < -0.4 is 46.8 Å². The summed E-state index contributed by atoms with van der Waals surface area (Å²) in [6, 6.07) is 8.25. The molecule has 0 aliphatic rings. The molecule has 0 fully saturated rings. The smallest absolute Gasteiger partial charge is 0.870 e. The Kier molecular flexibility index (Phi) is 15.8. The van der Waals surface area contributed by atoms with Crippen molar-refractivity contribution in [1.29, 1.82) is 0 Å². The predicted octanol–water partition coefficient (Wildman–Crippen LogP) is 6.08. The Labute approximate surface area is 283 Å². The van der Waals surface area contributed by atoms with Gasteiger partial charge in [0.25, 0.3) is 0 Å². The molecule has 220 valence electrons. The molecule has 0 aliphatic carbocycles. The first-order chi connectivity index (χ1) is 17.8. The summed E-state index contributed by atoms with van der Waals surface area (Å²) in [6.45, 7) is 0. The number of hydrogen-bond acceptors (Lipinski definition) is 7. The third-order valence-corrected chi connectivity index (χ3v) is 4.49. The van der Waals surface area contributed by atoms with Crippen molar-refractivity contribution in [2.24, 2.45) is 0 Å². The van der Waals surface area contributed by atoms with Crippen LogP contribution in [0.15, 0.2) is 60.9 Å². The number of halogens is 10. The van der Waals surface area contributed by atoms with Gasteiger partial charge >= 0.3 is 101 Å². The van der Waals surface area contributed by atoms with E-state index >= 15 is 0 Å². The van der Waals surface area contributed by atoms with Gasteiger partial charge in [-0.15, -0.1) is 0 Å². The molecule has 9 nitrogen and oxygen atoms in total. The minimum absolute atomic E-state index is 0. The van der Waals surface area contributed by atoms with Gasteiger partial charge in [-0.1, -0.05) is 23.2 Å². The van der Waals surface area contributed by atoms with Crippen molar-refractivity contribution in [3.05, 3.63) is 91.1 Å². The molecule has 0 amide bonds. The van der Waals surface area contributed by atoms with Crippen LogP contribution in [0.4, 0.5) is 18.9 Å². The number of rotatable bonds is 0. The van der Waals surface area contributed by atoms with Crippen LogP contribution in [0.1, 0.15) is 0 Å². The minimum atomic E-state index is -3.69. The SMILES string of the molecule is ClP(Cl)(Cl)(Cl)Cl.Nc1cc(F)c(Cl)cc1O.O=c1[nH]c2cc(F)c(Cl)cc2o1.O=c1[nH]c2cc(F)ccc2o1.[Na+].[OH-]. The Morgan fingerprint density at radius 3 is 1.71 bits per heavy atom. The maximum atomic E-state index is 12.8. The van der Waals surface area contributed by atoms with E-state index in [-0.39, 0.29) is 62.1 Å². The molecule has 0 radical (unpaired) electrons. The van der Waals surface area contributed by atoms with Crippen molar-refractivity contribution >= 4 is 111 Å². The number of hydrogen-bond donors (Lipinski definition) is 4. The number of aromatic hydroxyl groups is 1. The molecule has 41 heavy (non-hydrogen) atoms. The largest absolute Gasteiger partial charge is 1.00 e. The molecule has 5 aromatic rings.